The first kappa shape index (κ1) is 27.5. The molecule has 0 heterocycles. The fourth-order valence-corrected chi connectivity index (χ4v) is 3.91. The van der Waals surface area contributed by atoms with Crippen molar-refractivity contribution in [2.24, 2.45) is 5.92 Å². The van der Waals surface area contributed by atoms with Gasteiger partial charge >= 0.3 is 0 Å². The van der Waals surface area contributed by atoms with E-state index >= 15 is 0 Å². The molecular weight excluding hydrogens is 456 g/mol. The van der Waals surface area contributed by atoms with Gasteiger partial charge in [-0.3, -0.25) is 9.59 Å². The smallest absolute Gasteiger partial charge is 0.172 e. The lowest BCUT2D eigenvalue weighted by Crippen LogP contribution is -2.15. The molecule has 0 aliphatic carbocycles. The normalized spacial score (nSPS) is 12.0. The molecule has 0 saturated carbocycles. The van der Waals surface area contributed by atoms with Gasteiger partial charge in [-0.1, -0.05) is 26.0 Å². The first-order valence-electron chi connectivity index (χ1n) is 11.0. The van der Waals surface area contributed by atoms with Crippen LogP contribution >= 0.6 is 0 Å². The highest BCUT2D eigenvalue weighted by molar-refractivity contribution is 6.04. The number of phenols is 5. The summed E-state index contributed by atoms with van der Waals surface area (Å²) in [5.74, 6) is -4.99. The zero-order chi connectivity index (χ0) is 26.9. The average molecular weight is 489 g/mol. The molecule has 190 valence electrons. The Morgan fingerprint density at radius 3 is 1.83 bits per heavy atom. The van der Waals surface area contributed by atoms with Gasteiger partial charge in [0.05, 0.1) is 13.2 Å². The fraction of sp³-hybridized carbons (Fsp3) is 0.385. The second-order valence-electron chi connectivity index (χ2n) is 8.91. The molecule has 2 rings (SSSR count). The summed E-state index contributed by atoms with van der Waals surface area (Å²) < 4.78 is 5.33. The van der Waals surface area contributed by atoms with Crippen LogP contribution < -0.4 is 4.74 Å². The molecule has 0 aliphatic heterocycles. The number of aromatic hydroxyl groups is 5. The SMILES string of the molecule is C=C(C)[C@H](O)Cc1c(O)c(Cc2c(O)c(C(C)=O)c(O)c(C)c2OC)c(O)c(C(=O)C(C)C)c1O. The standard InChI is InChI=1S/C26H32O9/c1-10(2)17(28)9-15-22(31)14(23(32)19(24(15)33)20(29)11(3)4)8-16-25(34)18(13(6)27)21(30)12(5)26(16)35-7/h11,17,28,30-34H,1,8-9H2,2-7H3/t17-/m1/s1. The van der Waals surface area contributed by atoms with Crippen molar-refractivity contribution in [2.75, 3.05) is 7.11 Å². The van der Waals surface area contributed by atoms with Gasteiger partial charge in [0.1, 0.15) is 45.6 Å². The third kappa shape index (κ3) is 4.90. The van der Waals surface area contributed by atoms with Crippen LogP contribution in [0.3, 0.4) is 0 Å². The maximum Gasteiger partial charge on any atom is 0.172 e. The number of hydrogen-bond acceptors (Lipinski definition) is 9. The molecule has 0 amide bonds. The number of ether oxygens (including phenoxy) is 1. The Morgan fingerprint density at radius 1 is 0.857 bits per heavy atom. The van der Waals surface area contributed by atoms with E-state index in [0.29, 0.717) is 5.57 Å². The monoisotopic (exact) mass is 488 g/mol. The summed E-state index contributed by atoms with van der Waals surface area (Å²) in [7, 11) is 1.27. The summed E-state index contributed by atoms with van der Waals surface area (Å²) >= 11 is 0. The van der Waals surface area contributed by atoms with Gasteiger partial charge in [0, 0.05) is 41.0 Å². The minimum absolute atomic E-state index is 0.00266. The van der Waals surface area contributed by atoms with Crippen molar-refractivity contribution in [3.63, 3.8) is 0 Å². The number of carbonyl (C=O) groups is 2. The molecule has 6 N–H and O–H groups in total. The molecule has 0 aromatic heterocycles. The van der Waals surface area contributed by atoms with Gasteiger partial charge in [0.15, 0.2) is 11.6 Å². The molecule has 2 aromatic carbocycles. The van der Waals surface area contributed by atoms with Gasteiger partial charge in [-0.15, -0.1) is 0 Å². The van der Waals surface area contributed by atoms with Crippen molar-refractivity contribution >= 4 is 11.6 Å². The van der Waals surface area contributed by atoms with Crippen molar-refractivity contribution in [1.82, 2.24) is 0 Å². The number of carbonyl (C=O) groups excluding carboxylic acids is 2. The number of aliphatic hydroxyl groups excluding tert-OH is 1. The number of aliphatic hydroxyl groups is 1. The second-order valence-corrected chi connectivity index (χ2v) is 8.91. The van der Waals surface area contributed by atoms with E-state index in [1.54, 1.807) is 20.8 Å². The van der Waals surface area contributed by atoms with E-state index < -0.39 is 64.3 Å². The predicted octanol–water partition coefficient (Wildman–Crippen LogP) is 3.64. The summed E-state index contributed by atoms with van der Waals surface area (Å²) in [6, 6.07) is 0. The van der Waals surface area contributed by atoms with Gasteiger partial charge in [0.25, 0.3) is 0 Å². The summed E-state index contributed by atoms with van der Waals surface area (Å²) in [5, 5.41) is 64.4. The quantitative estimate of drug-likeness (QED) is 0.228. The van der Waals surface area contributed by atoms with Gasteiger partial charge in [-0.2, -0.15) is 0 Å². The Bertz CT molecular complexity index is 1210. The number of ketones is 2. The molecule has 0 saturated heterocycles. The molecular formula is C26H32O9. The molecule has 35 heavy (non-hydrogen) atoms. The number of rotatable bonds is 9. The van der Waals surface area contributed by atoms with Crippen LogP contribution in [0.2, 0.25) is 0 Å². The summed E-state index contributed by atoms with van der Waals surface area (Å²) in [6.45, 7) is 10.9. The van der Waals surface area contributed by atoms with E-state index in [1.165, 1.54) is 14.0 Å². The minimum Gasteiger partial charge on any atom is -0.507 e. The third-order valence-corrected chi connectivity index (χ3v) is 5.99. The van der Waals surface area contributed by atoms with Crippen LogP contribution in [0, 0.1) is 12.8 Å². The van der Waals surface area contributed by atoms with E-state index in [2.05, 4.69) is 6.58 Å². The molecule has 0 spiro atoms. The molecule has 0 aliphatic rings. The highest BCUT2D eigenvalue weighted by atomic mass is 16.5. The lowest BCUT2D eigenvalue weighted by atomic mass is 9.87. The number of methoxy groups -OCH3 is 1. The summed E-state index contributed by atoms with van der Waals surface area (Å²) in [5.41, 5.74) is -0.820. The van der Waals surface area contributed by atoms with Crippen LogP contribution in [0.15, 0.2) is 12.2 Å². The van der Waals surface area contributed by atoms with Crippen molar-refractivity contribution in [1.29, 1.82) is 0 Å². The molecule has 0 radical (unpaired) electrons. The fourth-order valence-electron chi connectivity index (χ4n) is 3.91. The minimum atomic E-state index is -1.17. The number of benzene rings is 2. The highest BCUT2D eigenvalue weighted by Crippen LogP contribution is 2.48. The van der Waals surface area contributed by atoms with Crippen LogP contribution in [0.25, 0.3) is 0 Å². The van der Waals surface area contributed by atoms with E-state index in [-0.39, 0.29) is 40.0 Å². The average Bonchev–Trinajstić information content (AvgIpc) is 2.76. The number of hydrogen-bond donors (Lipinski definition) is 6. The van der Waals surface area contributed by atoms with Crippen LogP contribution in [-0.2, 0) is 12.8 Å². The molecule has 0 unspecified atom stereocenters. The lowest BCUT2D eigenvalue weighted by Gasteiger charge is -2.22. The van der Waals surface area contributed by atoms with Gasteiger partial charge in [-0.25, -0.2) is 0 Å². The van der Waals surface area contributed by atoms with Crippen molar-refractivity contribution in [2.45, 2.75) is 53.6 Å². The Hall–Kier alpha value is -3.72. The summed E-state index contributed by atoms with van der Waals surface area (Å²) in [4.78, 5) is 25.0. The zero-order valence-corrected chi connectivity index (χ0v) is 20.7. The molecule has 0 bridgehead atoms. The first-order chi connectivity index (χ1) is 16.2. The van der Waals surface area contributed by atoms with Crippen LogP contribution in [0.1, 0.15) is 70.7 Å². The zero-order valence-electron chi connectivity index (χ0n) is 20.7. The highest BCUT2D eigenvalue weighted by Gasteiger charge is 2.32. The van der Waals surface area contributed by atoms with Crippen molar-refractivity contribution in [3.8, 4) is 34.5 Å². The predicted molar refractivity (Wildman–Crippen MR) is 129 cm³/mol. The van der Waals surface area contributed by atoms with E-state index in [9.17, 15) is 40.2 Å². The molecule has 0 fully saturated rings. The van der Waals surface area contributed by atoms with Crippen molar-refractivity contribution < 1.29 is 45.0 Å². The van der Waals surface area contributed by atoms with Gasteiger partial charge in [-0.05, 0) is 20.8 Å². The number of phenolic OH excluding ortho intramolecular Hbond substituents is 5. The molecule has 9 nitrogen and oxygen atoms in total. The molecule has 1 atom stereocenters. The second kappa shape index (κ2) is 10.3. The maximum atomic E-state index is 12.9. The molecule has 9 heteroatoms. The van der Waals surface area contributed by atoms with Crippen molar-refractivity contribution in [3.05, 3.63) is 45.5 Å². The van der Waals surface area contributed by atoms with Gasteiger partial charge in [0.2, 0.25) is 0 Å². The van der Waals surface area contributed by atoms with E-state index in [0.717, 1.165) is 6.92 Å². The van der Waals surface area contributed by atoms with Crippen LogP contribution in [0.5, 0.6) is 34.5 Å². The lowest BCUT2D eigenvalue weighted by molar-refractivity contribution is 0.0932. The summed E-state index contributed by atoms with van der Waals surface area (Å²) in [6.07, 6.45) is -1.92. The van der Waals surface area contributed by atoms with E-state index in [1.807, 2.05) is 0 Å². The Labute approximate surface area is 203 Å². The van der Waals surface area contributed by atoms with Crippen LogP contribution in [0.4, 0.5) is 0 Å². The van der Waals surface area contributed by atoms with E-state index in [4.69, 9.17) is 4.74 Å². The van der Waals surface area contributed by atoms with Gasteiger partial charge < -0.3 is 35.4 Å². The van der Waals surface area contributed by atoms with Crippen LogP contribution in [-0.4, -0.2) is 55.4 Å². The third-order valence-electron chi connectivity index (χ3n) is 5.99. The first-order valence-corrected chi connectivity index (χ1v) is 11.0. The molecule has 2 aromatic rings. The topological polar surface area (TPSA) is 165 Å². The maximum absolute atomic E-state index is 12.9. The Kier molecular flexibility index (Phi) is 8.08. The Morgan fingerprint density at radius 2 is 1.37 bits per heavy atom. The Balaban J connectivity index is 2.94. The number of Topliss-reactive ketones (excluding diaryl/α,β-unsaturated/α-hetero) is 2. The largest absolute Gasteiger partial charge is 0.507 e.